The Labute approximate surface area is 104 Å². The molecule has 0 aliphatic heterocycles. The minimum Gasteiger partial charge on any atom is -0.491 e. The third kappa shape index (κ3) is 2.32. The van der Waals surface area contributed by atoms with Gasteiger partial charge in [-0.2, -0.15) is 0 Å². The molecular weight excluding hydrogens is 210 g/mol. The molecule has 0 aromatic heterocycles. The van der Waals surface area contributed by atoms with E-state index < -0.39 is 0 Å². The van der Waals surface area contributed by atoms with E-state index in [1.807, 2.05) is 0 Å². The summed E-state index contributed by atoms with van der Waals surface area (Å²) in [4.78, 5) is 0. The molecule has 2 N–H and O–H groups in total. The lowest BCUT2D eigenvalue weighted by Crippen LogP contribution is -2.41. The summed E-state index contributed by atoms with van der Waals surface area (Å²) in [5.74, 6) is 0.996. The molecule has 0 saturated heterocycles. The molecule has 1 fully saturated rings. The van der Waals surface area contributed by atoms with Crippen molar-refractivity contribution in [3.05, 3.63) is 29.3 Å². The van der Waals surface area contributed by atoms with Gasteiger partial charge in [0.25, 0.3) is 0 Å². The van der Waals surface area contributed by atoms with E-state index in [0.29, 0.717) is 0 Å². The molecule has 0 bridgehead atoms. The molecule has 1 aliphatic rings. The van der Waals surface area contributed by atoms with Crippen LogP contribution in [0.4, 0.5) is 0 Å². The minimum absolute atomic E-state index is 0.228. The second-order valence-corrected chi connectivity index (χ2v) is 5.48. The van der Waals surface area contributed by atoms with E-state index in [-0.39, 0.29) is 11.5 Å². The van der Waals surface area contributed by atoms with Crippen LogP contribution >= 0.6 is 0 Å². The summed E-state index contributed by atoms with van der Waals surface area (Å²) in [6.45, 7) is 6.99. The molecule has 0 amide bonds. The highest BCUT2D eigenvalue weighted by Gasteiger charge is 2.37. The number of nitrogens with two attached hydrogens (primary N) is 1. The van der Waals surface area contributed by atoms with Gasteiger partial charge < -0.3 is 10.5 Å². The average Bonchev–Trinajstić information content (AvgIpc) is 2.20. The molecule has 0 heterocycles. The third-order valence-electron chi connectivity index (χ3n) is 3.85. The van der Waals surface area contributed by atoms with Crippen LogP contribution in [0.2, 0.25) is 0 Å². The topological polar surface area (TPSA) is 35.2 Å². The number of hydrogen-bond donors (Lipinski definition) is 1. The van der Waals surface area contributed by atoms with Crippen molar-refractivity contribution in [2.75, 3.05) is 6.54 Å². The molecule has 94 valence electrons. The Morgan fingerprint density at radius 2 is 2.06 bits per heavy atom. The van der Waals surface area contributed by atoms with Gasteiger partial charge in [0.15, 0.2) is 0 Å². The van der Waals surface area contributed by atoms with Crippen molar-refractivity contribution >= 4 is 0 Å². The van der Waals surface area contributed by atoms with Gasteiger partial charge in [0.05, 0.1) is 6.10 Å². The zero-order valence-electron chi connectivity index (χ0n) is 11.1. The molecule has 17 heavy (non-hydrogen) atoms. The standard InChI is InChI=1S/C15H23NO/c1-11(2)17-14-6-5-13(9-12(14)3)15(10-16)7-4-8-15/h5-6,9,11H,4,7-8,10,16H2,1-3H3. The largest absolute Gasteiger partial charge is 0.491 e. The van der Waals surface area contributed by atoms with Gasteiger partial charge in [-0.25, -0.2) is 0 Å². The van der Waals surface area contributed by atoms with Gasteiger partial charge in [-0.3, -0.25) is 0 Å². The summed E-state index contributed by atoms with van der Waals surface area (Å²) in [6.07, 6.45) is 3.99. The Bertz CT molecular complexity index is 388. The fourth-order valence-corrected chi connectivity index (χ4v) is 2.58. The SMILES string of the molecule is Cc1cc(C2(CN)CCC2)ccc1OC(C)C. The van der Waals surface area contributed by atoms with Crippen molar-refractivity contribution in [2.45, 2.75) is 51.6 Å². The van der Waals surface area contributed by atoms with E-state index in [1.165, 1.54) is 30.4 Å². The highest BCUT2D eigenvalue weighted by atomic mass is 16.5. The first-order chi connectivity index (χ1) is 8.07. The molecule has 2 heteroatoms. The lowest BCUT2D eigenvalue weighted by atomic mass is 9.64. The highest BCUT2D eigenvalue weighted by molar-refractivity contribution is 5.40. The first-order valence-electron chi connectivity index (χ1n) is 6.55. The maximum atomic E-state index is 5.94. The molecule has 0 radical (unpaired) electrons. The zero-order valence-corrected chi connectivity index (χ0v) is 11.1. The highest BCUT2D eigenvalue weighted by Crippen LogP contribution is 2.43. The van der Waals surface area contributed by atoms with E-state index >= 15 is 0 Å². The smallest absolute Gasteiger partial charge is 0.122 e. The summed E-state index contributed by atoms with van der Waals surface area (Å²) < 4.78 is 5.77. The van der Waals surface area contributed by atoms with Crippen molar-refractivity contribution in [3.63, 3.8) is 0 Å². The van der Waals surface area contributed by atoms with Crippen LogP contribution < -0.4 is 10.5 Å². The Kier molecular flexibility index (Phi) is 3.43. The van der Waals surface area contributed by atoms with E-state index in [2.05, 4.69) is 39.0 Å². The van der Waals surface area contributed by atoms with Crippen LogP contribution in [0.1, 0.15) is 44.2 Å². The lowest BCUT2D eigenvalue weighted by molar-refractivity contribution is 0.238. The number of ether oxygens (including phenoxy) is 1. The summed E-state index contributed by atoms with van der Waals surface area (Å²) in [7, 11) is 0. The Hall–Kier alpha value is -1.02. The van der Waals surface area contributed by atoms with Crippen molar-refractivity contribution in [1.29, 1.82) is 0 Å². The van der Waals surface area contributed by atoms with Crippen molar-refractivity contribution in [2.24, 2.45) is 5.73 Å². The quantitative estimate of drug-likeness (QED) is 0.867. The van der Waals surface area contributed by atoms with E-state index in [1.54, 1.807) is 0 Å². The van der Waals surface area contributed by atoms with Crippen LogP contribution in [0, 0.1) is 6.92 Å². The Morgan fingerprint density at radius 3 is 2.47 bits per heavy atom. The number of benzene rings is 1. The lowest BCUT2D eigenvalue weighted by Gasteiger charge is -2.41. The second-order valence-electron chi connectivity index (χ2n) is 5.48. The van der Waals surface area contributed by atoms with Gasteiger partial charge in [0, 0.05) is 12.0 Å². The Morgan fingerprint density at radius 1 is 1.35 bits per heavy atom. The van der Waals surface area contributed by atoms with E-state index in [0.717, 1.165) is 12.3 Å². The molecule has 2 nitrogen and oxygen atoms in total. The first-order valence-corrected chi connectivity index (χ1v) is 6.55. The third-order valence-corrected chi connectivity index (χ3v) is 3.85. The molecule has 1 aromatic carbocycles. The second kappa shape index (κ2) is 4.69. The summed E-state index contributed by atoms with van der Waals surface area (Å²) in [5.41, 5.74) is 8.80. The van der Waals surface area contributed by atoms with Gasteiger partial charge in [0.2, 0.25) is 0 Å². The first kappa shape index (κ1) is 12.4. The predicted octanol–water partition coefficient (Wildman–Crippen LogP) is 3.16. The molecular formula is C15H23NO. The van der Waals surface area contributed by atoms with Crippen molar-refractivity contribution < 1.29 is 4.74 Å². The van der Waals surface area contributed by atoms with Gasteiger partial charge in [0.1, 0.15) is 5.75 Å². The van der Waals surface area contributed by atoms with E-state index in [9.17, 15) is 0 Å². The summed E-state index contributed by atoms with van der Waals surface area (Å²) in [6, 6.07) is 6.54. The van der Waals surface area contributed by atoms with Gasteiger partial charge >= 0.3 is 0 Å². The summed E-state index contributed by atoms with van der Waals surface area (Å²) >= 11 is 0. The number of aryl methyl sites for hydroxylation is 1. The molecule has 2 rings (SSSR count). The number of rotatable bonds is 4. The zero-order chi connectivity index (χ0) is 12.5. The van der Waals surface area contributed by atoms with Gasteiger partial charge in [-0.1, -0.05) is 18.6 Å². The Balaban J connectivity index is 2.24. The van der Waals surface area contributed by atoms with Gasteiger partial charge in [-0.15, -0.1) is 0 Å². The molecule has 1 saturated carbocycles. The number of hydrogen-bond acceptors (Lipinski definition) is 2. The average molecular weight is 233 g/mol. The van der Waals surface area contributed by atoms with Crippen LogP contribution in [0.3, 0.4) is 0 Å². The van der Waals surface area contributed by atoms with Crippen LogP contribution in [-0.4, -0.2) is 12.6 Å². The summed E-state index contributed by atoms with van der Waals surface area (Å²) in [5, 5.41) is 0. The molecule has 1 aromatic rings. The normalized spacial score (nSPS) is 17.9. The van der Waals surface area contributed by atoms with Crippen molar-refractivity contribution in [1.82, 2.24) is 0 Å². The molecule has 0 spiro atoms. The van der Waals surface area contributed by atoms with Crippen molar-refractivity contribution in [3.8, 4) is 5.75 Å². The van der Waals surface area contributed by atoms with Crippen LogP contribution in [0.15, 0.2) is 18.2 Å². The fourth-order valence-electron chi connectivity index (χ4n) is 2.58. The van der Waals surface area contributed by atoms with Crippen LogP contribution in [0.25, 0.3) is 0 Å². The van der Waals surface area contributed by atoms with Crippen LogP contribution in [0.5, 0.6) is 5.75 Å². The predicted molar refractivity (Wildman–Crippen MR) is 71.5 cm³/mol. The molecule has 0 atom stereocenters. The monoisotopic (exact) mass is 233 g/mol. The minimum atomic E-state index is 0.228. The van der Waals surface area contributed by atoms with Gasteiger partial charge in [-0.05, 0) is 50.8 Å². The van der Waals surface area contributed by atoms with Crippen LogP contribution in [-0.2, 0) is 5.41 Å². The molecule has 1 aliphatic carbocycles. The maximum absolute atomic E-state index is 5.94. The van der Waals surface area contributed by atoms with E-state index in [4.69, 9.17) is 10.5 Å². The fraction of sp³-hybridized carbons (Fsp3) is 0.600. The maximum Gasteiger partial charge on any atom is 0.122 e. The molecule has 0 unspecified atom stereocenters.